The van der Waals surface area contributed by atoms with E-state index in [4.69, 9.17) is 14.2 Å². The standard InChI is InChI=1S/C17H20N4O7/c1-8-13-15(19-6-18-8)21(7-20-13)16-14(27-9(2)22)12(17(24)26-4)10(28-16)5-11(23)25-3/h6-7,10,12,14,16H,5H2,1-4H3. The maximum Gasteiger partial charge on any atom is 0.315 e. The molecule has 0 N–H and O–H groups in total. The summed E-state index contributed by atoms with van der Waals surface area (Å²) in [5, 5.41) is 0. The Morgan fingerprint density at radius 2 is 1.93 bits per heavy atom. The number of hydrogen-bond acceptors (Lipinski definition) is 10. The van der Waals surface area contributed by atoms with Crippen LogP contribution in [0, 0.1) is 12.8 Å². The number of rotatable bonds is 5. The van der Waals surface area contributed by atoms with Gasteiger partial charge in [-0.25, -0.2) is 15.0 Å². The van der Waals surface area contributed by atoms with Crippen LogP contribution in [0.15, 0.2) is 12.7 Å². The molecule has 0 bridgehead atoms. The maximum atomic E-state index is 12.4. The van der Waals surface area contributed by atoms with Crippen molar-refractivity contribution >= 4 is 29.1 Å². The lowest BCUT2D eigenvalue weighted by Crippen LogP contribution is -2.38. The summed E-state index contributed by atoms with van der Waals surface area (Å²) in [5.41, 5.74) is 1.64. The summed E-state index contributed by atoms with van der Waals surface area (Å²) in [6.07, 6.45) is -0.299. The Kier molecular flexibility index (Phi) is 5.54. The van der Waals surface area contributed by atoms with Gasteiger partial charge in [0.05, 0.1) is 38.8 Å². The largest absolute Gasteiger partial charge is 0.469 e. The molecule has 0 aromatic carbocycles. The molecule has 3 heterocycles. The number of ether oxygens (including phenoxy) is 4. The highest BCUT2D eigenvalue weighted by Gasteiger charge is 2.53. The molecule has 3 rings (SSSR count). The van der Waals surface area contributed by atoms with Crippen LogP contribution in [0.2, 0.25) is 0 Å². The highest BCUT2D eigenvalue weighted by atomic mass is 16.6. The molecule has 0 aliphatic carbocycles. The first-order chi connectivity index (χ1) is 13.4. The lowest BCUT2D eigenvalue weighted by atomic mass is 9.95. The van der Waals surface area contributed by atoms with Gasteiger partial charge in [0, 0.05) is 6.92 Å². The third-order valence-electron chi connectivity index (χ3n) is 4.54. The molecule has 2 aromatic heterocycles. The van der Waals surface area contributed by atoms with Gasteiger partial charge >= 0.3 is 17.9 Å². The van der Waals surface area contributed by atoms with E-state index in [9.17, 15) is 14.4 Å². The van der Waals surface area contributed by atoms with Crippen LogP contribution in [0.25, 0.3) is 11.2 Å². The second-order valence-corrected chi connectivity index (χ2v) is 6.25. The van der Waals surface area contributed by atoms with Crippen molar-refractivity contribution < 1.29 is 33.3 Å². The summed E-state index contributed by atoms with van der Waals surface area (Å²) < 4.78 is 22.4. The Morgan fingerprint density at radius 3 is 2.57 bits per heavy atom. The van der Waals surface area contributed by atoms with E-state index in [0.717, 1.165) is 0 Å². The first-order valence-corrected chi connectivity index (χ1v) is 8.48. The minimum Gasteiger partial charge on any atom is -0.469 e. The minimum atomic E-state index is -1.05. The van der Waals surface area contributed by atoms with Crippen LogP contribution in [0.3, 0.4) is 0 Å². The van der Waals surface area contributed by atoms with E-state index in [1.54, 1.807) is 11.5 Å². The van der Waals surface area contributed by atoms with Crippen LogP contribution < -0.4 is 0 Å². The predicted octanol–water partition coefficient (Wildman–Crippen LogP) is 0.316. The Hall–Kier alpha value is -3.08. The van der Waals surface area contributed by atoms with Crippen LogP contribution in [0.5, 0.6) is 0 Å². The SMILES string of the molecule is COC(=O)CC1OC(n2cnc3c(C)ncnc32)C(OC(C)=O)C1C(=O)OC. The van der Waals surface area contributed by atoms with Gasteiger partial charge in [0.25, 0.3) is 0 Å². The number of esters is 3. The van der Waals surface area contributed by atoms with E-state index in [-0.39, 0.29) is 6.42 Å². The molecule has 2 aromatic rings. The van der Waals surface area contributed by atoms with Crippen molar-refractivity contribution in [1.82, 2.24) is 19.5 Å². The van der Waals surface area contributed by atoms with E-state index in [1.165, 1.54) is 33.8 Å². The summed E-state index contributed by atoms with van der Waals surface area (Å²) in [6, 6.07) is 0. The molecule has 0 saturated carbocycles. The van der Waals surface area contributed by atoms with Gasteiger partial charge in [0.15, 0.2) is 18.0 Å². The third-order valence-corrected chi connectivity index (χ3v) is 4.54. The lowest BCUT2D eigenvalue weighted by Gasteiger charge is -2.22. The number of nitrogens with zero attached hydrogens (tertiary/aromatic N) is 4. The van der Waals surface area contributed by atoms with Crippen molar-refractivity contribution in [2.45, 2.75) is 38.7 Å². The second kappa shape index (κ2) is 7.89. The molecule has 28 heavy (non-hydrogen) atoms. The van der Waals surface area contributed by atoms with E-state index in [0.29, 0.717) is 16.9 Å². The van der Waals surface area contributed by atoms with Gasteiger partial charge in [-0.05, 0) is 6.92 Å². The highest BCUT2D eigenvalue weighted by Crippen LogP contribution is 2.39. The van der Waals surface area contributed by atoms with Gasteiger partial charge in [-0.3, -0.25) is 19.0 Å². The maximum absolute atomic E-state index is 12.4. The van der Waals surface area contributed by atoms with Gasteiger partial charge in [-0.1, -0.05) is 0 Å². The zero-order valence-electron chi connectivity index (χ0n) is 15.8. The molecule has 11 nitrogen and oxygen atoms in total. The minimum absolute atomic E-state index is 0.217. The van der Waals surface area contributed by atoms with Crippen LogP contribution in [-0.2, 0) is 33.3 Å². The van der Waals surface area contributed by atoms with Gasteiger partial charge in [0.2, 0.25) is 0 Å². The molecule has 1 fully saturated rings. The molecular weight excluding hydrogens is 372 g/mol. The van der Waals surface area contributed by atoms with Crippen LogP contribution in [0.1, 0.15) is 25.3 Å². The molecular formula is C17H20N4O7. The fraction of sp³-hybridized carbons (Fsp3) is 0.529. The smallest absolute Gasteiger partial charge is 0.315 e. The summed E-state index contributed by atoms with van der Waals surface area (Å²) in [4.78, 5) is 48.5. The third kappa shape index (κ3) is 3.52. The fourth-order valence-electron chi connectivity index (χ4n) is 3.28. The zero-order valence-corrected chi connectivity index (χ0v) is 15.8. The lowest BCUT2D eigenvalue weighted by molar-refractivity contribution is -0.159. The van der Waals surface area contributed by atoms with E-state index < -0.39 is 42.3 Å². The molecule has 1 aliphatic heterocycles. The summed E-state index contributed by atoms with van der Waals surface area (Å²) in [6.45, 7) is 3.00. The van der Waals surface area contributed by atoms with Gasteiger partial charge in [-0.2, -0.15) is 0 Å². The average Bonchev–Trinajstić information content (AvgIpc) is 3.23. The topological polar surface area (TPSA) is 132 Å². The number of methoxy groups -OCH3 is 2. The van der Waals surface area contributed by atoms with Gasteiger partial charge in [-0.15, -0.1) is 0 Å². The quantitative estimate of drug-likeness (QED) is 0.517. The normalized spacial score (nSPS) is 24.1. The molecule has 1 saturated heterocycles. The Labute approximate surface area is 160 Å². The molecule has 11 heteroatoms. The van der Waals surface area contributed by atoms with Crippen LogP contribution in [-0.4, -0.2) is 63.9 Å². The number of hydrogen-bond donors (Lipinski definition) is 0. The van der Waals surface area contributed by atoms with Gasteiger partial charge in [0.1, 0.15) is 17.8 Å². The Balaban J connectivity index is 2.06. The predicted molar refractivity (Wildman–Crippen MR) is 91.7 cm³/mol. The molecule has 4 unspecified atom stereocenters. The summed E-state index contributed by atoms with van der Waals surface area (Å²) >= 11 is 0. The number of aryl methyl sites for hydroxylation is 1. The molecule has 4 atom stereocenters. The molecule has 150 valence electrons. The van der Waals surface area contributed by atoms with Crippen molar-refractivity contribution in [3.8, 4) is 0 Å². The number of aromatic nitrogens is 4. The summed E-state index contributed by atoms with van der Waals surface area (Å²) in [7, 11) is 2.44. The molecule has 0 radical (unpaired) electrons. The number of fused-ring (bicyclic) bond motifs is 1. The summed E-state index contributed by atoms with van der Waals surface area (Å²) in [5.74, 6) is -2.88. The van der Waals surface area contributed by atoms with Crippen molar-refractivity contribution in [3.05, 3.63) is 18.3 Å². The number of carbonyl (C=O) groups is 3. The highest BCUT2D eigenvalue weighted by molar-refractivity contribution is 5.78. The fourth-order valence-corrected chi connectivity index (χ4v) is 3.28. The van der Waals surface area contributed by atoms with Crippen molar-refractivity contribution in [3.63, 3.8) is 0 Å². The van der Waals surface area contributed by atoms with Crippen LogP contribution >= 0.6 is 0 Å². The van der Waals surface area contributed by atoms with Crippen molar-refractivity contribution in [2.24, 2.45) is 5.92 Å². The number of carbonyl (C=O) groups excluding carboxylic acids is 3. The first kappa shape index (κ1) is 19.7. The Morgan fingerprint density at radius 1 is 1.18 bits per heavy atom. The molecule has 0 amide bonds. The second-order valence-electron chi connectivity index (χ2n) is 6.25. The molecule has 0 spiro atoms. The molecule has 1 aliphatic rings. The van der Waals surface area contributed by atoms with E-state index in [2.05, 4.69) is 19.7 Å². The Bertz CT molecular complexity index is 912. The van der Waals surface area contributed by atoms with Crippen molar-refractivity contribution in [2.75, 3.05) is 14.2 Å². The number of imidazole rings is 1. The van der Waals surface area contributed by atoms with Gasteiger partial charge < -0.3 is 18.9 Å². The van der Waals surface area contributed by atoms with Crippen molar-refractivity contribution in [1.29, 1.82) is 0 Å². The zero-order chi connectivity index (χ0) is 20.4. The first-order valence-electron chi connectivity index (χ1n) is 8.48. The van der Waals surface area contributed by atoms with E-state index >= 15 is 0 Å². The van der Waals surface area contributed by atoms with E-state index in [1.807, 2.05) is 0 Å². The monoisotopic (exact) mass is 392 g/mol. The van der Waals surface area contributed by atoms with Crippen LogP contribution in [0.4, 0.5) is 0 Å². The average molecular weight is 392 g/mol.